The lowest BCUT2D eigenvalue weighted by Gasteiger charge is -2.30. The molecule has 1 aliphatic heterocycles. The SMILES string of the molecule is O=C(NCCCOC1CCCCC1)C1CCN(Cc2nc(-c3ccc(F)cc3)no2)CC1. The van der Waals surface area contributed by atoms with Gasteiger partial charge in [0, 0.05) is 24.6 Å². The van der Waals surface area contributed by atoms with Crippen LogP contribution in [0.5, 0.6) is 0 Å². The molecule has 0 radical (unpaired) electrons. The fourth-order valence-corrected chi connectivity index (χ4v) is 4.49. The van der Waals surface area contributed by atoms with E-state index in [1.165, 1.54) is 44.2 Å². The van der Waals surface area contributed by atoms with Crippen LogP contribution in [0.15, 0.2) is 28.8 Å². The second-order valence-electron chi connectivity index (χ2n) is 8.84. The molecule has 0 bridgehead atoms. The molecular weight excluding hydrogens is 411 g/mol. The van der Waals surface area contributed by atoms with Gasteiger partial charge in [-0.25, -0.2) is 4.39 Å². The third-order valence-corrected chi connectivity index (χ3v) is 6.41. The molecule has 1 saturated carbocycles. The van der Waals surface area contributed by atoms with Crippen LogP contribution in [0.3, 0.4) is 0 Å². The number of halogens is 1. The van der Waals surface area contributed by atoms with E-state index in [0.717, 1.165) is 44.5 Å². The van der Waals surface area contributed by atoms with Gasteiger partial charge >= 0.3 is 0 Å². The second-order valence-corrected chi connectivity index (χ2v) is 8.84. The first kappa shape index (κ1) is 22.9. The van der Waals surface area contributed by atoms with Crippen LogP contribution in [-0.2, 0) is 16.1 Å². The molecule has 1 aliphatic carbocycles. The average molecular weight is 445 g/mol. The van der Waals surface area contributed by atoms with Gasteiger partial charge in [-0.3, -0.25) is 9.69 Å². The first-order valence-corrected chi connectivity index (χ1v) is 11.9. The number of nitrogens with zero attached hydrogens (tertiary/aromatic N) is 3. The van der Waals surface area contributed by atoms with E-state index in [4.69, 9.17) is 9.26 Å². The molecule has 2 heterocycles. The Morgan fingerprint density at radius 3 is 2.62 bits per heavy atom. The van der Waals surface area contributed by atoms with Gasteiger partial charge in [-0.15, -0.1) is 0 Å². The van der Waals surface area contributed by atoms with Crippen LogP contribution in [-0.4, -0.2) is 53.3 Å². The molecule has 0 spiro atoms. The third-order valence-electron chi connectivity index (χ3n) is 6.41. The summed E-state index contributed by atoms with van der Waals surface area (Å²) in [5, 5.41) is 7.07. The average Bonchev–Trinajstić information content (AvgIpc) is 3.29. The number of amides is 1. The van der Waals surface area contributed by atoms with E-state index >= 15 is 0 Å². The summed E-state index contributed by atoms with van der Waals surface area (Å²) in [6.07, 6.45) is 9.20. The summed E-state index contributed by atoms with van der Waals surface area (Å²) in [6.45, 7) is 3.60. The smallest absolute Gasteiger partial charge is 0.241 e. The molecule has 1 amide bonds. The van der Waals surface area contributed by atoms with Crippen molar-refractivity contribution in [3.63, 3.8) is 0 Å². The van der Waals surface area contributed by atoms with Crippen molar-refractivity contribution in [3.05, 3.63) is 36.0 Å². The predicted octanol–water partition coefficient (Wildman–Crippen LogP) is 3.94. The molecular formula is C24H33FN4O3. The minimum Gasteiger partial charge on any atom is -0.378 e. The number of likely N-dealkylation sites (tertiary alicyclic amines) is 1. The zero-order chi connectivity index (χ0) is 22.2. The van der Waals surface area contributed by atoms with Gasteiger partial charge in [0.05, 0.1) is 12.6 Å². The fraction of sp³-hybridized carbons (Fsp3) is 0.625. The lowest BCUT2D eigenvalue weighted by atomic mass is 9.96. The number of nitrogens with one attached hydrogen (secondary N) is 1. The molecule has 4 rings (SSSR count). The monoisotopic (exact) mass is 444 g/mol. The van der Waals surface area contributed by atoms with E-state index in [0.29, 0.717) is 30.9 Å². The summed E-state index contributed by atoms with van der Waals surface area (Å²) in [7, 11) is 0. The number of hydrogen-bond acceptors (Lipinski definition) is 6. The van der Waals surface area contributed by atoms with Crippen LogP contribution in [0.2, 0.25) is 0 Å². The van der Waals surface area contributed by atoms with Crippen LogP contribution in [0.1, 0.15) is 57.3 Å². The van der Waals surface area contributed by atoms with E-state index in [1.54, 1.807) is 12.1 Å². The van der Waals surface area contributed by atoms with Gasteiger partial charge in [-0.1, -0.05) is 24.4 Å². The van der Waals surface area contributed by atoms with Crippen molar-refractivity contribution in [2.45, 2.75) is 64.0 Å². The lowest BCUT2D eigenvalue weighted by Crippen LogP contribution is -2.40. The molecule has 174 valence electrons. The summed E-state index contributed by atoms with van der Waals surface area (Å²) < 4.78 is 24.4. The molecule has 0 unspecified atom stereocenters. The van der Waals surface area contributed by atoms with Crippen molar-refractivity contribution in [3.8, 4) is 11.4 Å². The van der Waals surface area contributed by atoms with Crippen LogP contribution < -0.4 is 5.32 Å². The molecule has 7 nitrogen and oxygen atoms in total. The Morgan fingerprint density at radius 1 is 1.12 bits per heavy atom. The number of piperidine rings is 1. The number of hydrogen-bond donors (Lipinski definition) is 1. The summed E-state index contributed by atoms with van der Waals surface area (Å²) in [5.74, 6) is 0.908. The van der Waals surface area contributed by atoms with E-state index in [-0.39, 0.29) is 17.6 Å². The van der Waals surface area contributed by atoms with Crippen LogP contribution >= 0.6 is 0 Å². The normalized spacial score (nSPS) is 18.7. The van der Waals surface area contributed by atoms with Gasteiger partial charge < -0.3 is 14.6 Å². The van der Waals surface area contributed by atoms with Crippen LogP contribution in [0, 0.1) is 11.7 Å². The number of rotatable bonds is 9. The Balaban J connectivity index is 1.12. The molecule has 2 fully saturated rings. The third kappa shape index (κ3) is 6.59. The maximum absolute atomic E-state index is 13.1. The first-order chi connectivity index (χ1) is 15.7. The Hall–Kier alpha value is -2.32. The highest BCUT2D eigenvalue weighted by Gasteiger charge is 2.26. The number of carbonyl (C=O) groups excluding carboxylic acids is 1. The zero-order valence-electron chi connectivity index (χ0n) is 18.6. The molecule has 0 atom stereocenters. The number of carbonyl (C=O) groups is 1. The standard InChI is InChI=1S/C24H33FN4O3/c25-20-9-7-18(8-10-20)23-27-22(32-28-23)17-29-14-11-19(12-15-29)24(30)26-13-4-16-31-21-5-2-1-3-6-21/h7-10,19,21H,1-6,11-17H2,(H,26,30). The summed E-state index contributed by atoms with van der Waals surface area (Å²) in [4.78, 5) is 19.1. The molecule has 1 saturated heterocycles. The van der Waals surface area contributed by atoms with Gasteiger partial charge in [-0.05, 0) is 69.5 Å². The number of ether oxygens (including phenoxy) is 1. The summed E-state index contributed by atoms with van der Waals surface area (Å²) >= 11 is 0. The first-order valence-electron chi connectivity index (χ1n) is 11.9. The number of aromatic nitrogens is 2. The molecule has 8 heteroatoms. The van der Waals surface area contributed by atoms with Crippen molar-refractivity contribution in [1.82, 2.24) is 20.4 Å². The Morgan fingerprint density at radius 2 is 1.88 bits per heavy atom. The van der Waals surface area contributed by atoms with E-state index in [2.05, 4.69) is 20.4 Å². The Kier molecular flexibility index (Phi) is 8.23. The molecule has 1 aromatic heterocycles. The van der Waals surface area contributed by atoms with Crippen LogP contribution in [0.4, 0.5) is 4.39 Å². The summed E-state index contributed by atoms with van der Waals surface area (Å²) in [5.41, 5.74) is 0.723. The molecule has 32 heavy (non-hydrogen) atoms. The van der Waals surface area contributed by atoms with Crippen LogP contribution in [0.25, 0.3) is 11.4 Å². The predicted molar refractivity (Wildman–Crippen MR) is 118 cm³/mol. The van der Waals surface area contributed by atoms with E-state index < -0.39 is 0 Å². The molecule has 1 aromatic carbocycles. The van der Waals surface area contributed by atoms with Crippen molar-refractivity contribution >= 4 is 5.91 Å². The Labute approximate surface area is 188 Å². The summed E-state index contributed by atoms with van der Waals surface area (Å²) in [6, 6.07) is 6.03. The highest BCUT2D eigenvalue weighted by Crippen LogP contribution is 2.22. The second kappa shape index (κ2) is 11.5. The van der Waals surface area contributed by atoms with Gasteiger partial charge in [-0.2, -0.15) is 4.98 Å². The van der Waals surface area contributed by atoms with E-state index in [9.17, 15) is 9.18 Å². The van der Waals surface area contributed by atoms with Gasteiger partial charge in [0.1, 0.15) is 5.82 Å². The highest BCUT2D eigenvalue weighted by atomic mass is 19.1. The number of benzene rings is 1. The van der Waals surface area contributed by atoms with Gasteiger partial charge in [0.25, 0.3) is 0 Å². The highest BCUT2D eigenvalue weighted by molar-refractivity contribution is 5.78. The quantitative estimate of drug-likeness (QED) is 0.590. The Bertz CT molecular complexity index is 843. The van der Waals surface area contributed by atoms with Gasteiger partial charge in [0.2, 0.25) is 17.6 Å². The maximum atomic E-state index is 13.1. The molecule has 2 aliphatic rings. The van der Waals surface area contributed by atoms with Crippen molar-refractivity contribution < 1.29 is 18.4 Å². The largest absolute Gasteiger partial charge is 0.378 e. The van der Waals surface area contributed by atoms with Gasteiger partial charge in [0.15, 0.2) is 0 Å². The molecule has 2 aromatic rings. The minimum absolute atomic E-state index is 0.0583. The van der Waals surface area contributed by atoms with Crippen molar-refractivity contribution in [1.29, 1.82) is 0 Å². The topological polar surface area (TPSA) is 80.5 Å². The molecule has 1 N–H and O–H groups in total. The van der Waals surface area contributed by atoms with E-state index in [1.807, 2.05) is 0 Å². The van der Waals surface area contributed by atoms with Crippen molar-refractivity contribution in [2.75, 3.05) is 26.2 Å². The maximum Gasteiger partial charge on any atom is 0.241 e. The van der Waals surface area contributed by atoms with Crippen molar-refractivity contribution in [2.24, 2.45) is 5.92 Å². The fourth-order valence-electron chi connectivity index (χ4n) is 4.49. The minimum atomic E-state index is -0.294. The lowest BCUT2D eigenvalue weighted by molar-refractivity contribution is -0.126. The zero-order valence-corrected chi connectivity index (χ0v) is 18.6.